The molecule has 0 saturated carbocycles. The van der Waals surface area contributed by atoms with Crippen molar-refractivity contribution in [1.29, 1.82) is 0 Å². The van der Waals surface area contributed by atoms with Crippen molar-refractivity contribution in [2.75, 3.05) is 0 Å². The Morgan fingerprint density at radius 3 is 2.70 bits per heavy atom. The number of aryl methyl sites for hydroxylation is 2. The molecule has 0 saturated heterocycles. The maximum atomic E-state index is 12.4. The number of esters is 1. The van der Waals surface area contributed by atoms with Gasteiger partial charge in [-0.2, -0.15) is 0 Å². The zero-order valence-corrected chi connectivity index (χ0v) is 16.2. The number of carbonyl (C=O) groups is 1. The first kappa shape index (κ1) is 19.1. The van der Waals surface area contributed by atoms with Crippen LogP contribution in [0.25, 0.3) is 11.2 Å². The van der Waals surface area contributed by atoms with Crippen molar-refractivity contribution in [3.05, 3.63) is 49.1 Å². The Kier molecular flexibility index (Phi) is 5.90. The van der Waals surface area contributed by atoms with E-state index in [0.717, 1.165) is 19.3 Å². The number of carbonyl (C=O) groups excluding carboxylic acids is 1. The van der Waals surface area contributed by atoms with Gasteiger partial charge in [0.25, 0.3) is 5.56 Å². The average molecular weight is 390 g/mol. The molecule has 0 aliphatic heterocycles. The van der Waals surface area contributed by atoms with Crippen molar-refractivity contribution in [3.8, 4) is 0 Å². The van der Waals surface area contributed by atoms with Crippen molar-refractivity contribution in [2.24, 2.45) is 0 Å². The van der Waals surface area contributed by atoms with E-state index in [1.165, 1.54) is 15.9 Å². The summed E-state index contributed by atoms with van der Waals surface area (Å²) in [6, 6.07) is 3.47. The summed E-state index contributed by atoms with van der Waals surface area (Å²) in [6.07, 6.45) is 2.48. The van der Waals surface area contributed by atoms with Gasteiger partial charge >= 0.3 is 11.7 Å². The monoisotopic (exact) mass is 390 g/mol. The molecular formula is C18H22N4O4S. The van der Waals surface area contributed by atoms with Gasteiger partial charge in [0, 0.05) is 13.1 Å². The number of unbranched alkanes of at least 4 members (excludes halogenated alkanes) is 1. The minimum Gasteiger partial charge on any atom is -0.453 e. The lowest BCUT2D eigenvalue weighted by atomic mass is 10.3. The van der Waals surface area contributed by atoms with Crippen molar-refractivity contribution in [3.63, 3.8) is 0 Å². The molecule has 0 amide bonds. The van der Waals surface area contributed by atoms with Crippen LogP contribution in [-0.4, -0.2) is 25.1 Å². The van der Waals surface area contributed by atoms with Gasteiger partial charge in [0.2, 0.25) is 0 Å². The number of H-pyrrole nitrogens is 1. The van der Waals surface area contributed by atoms with E-state index in [-0.39, 0.29) is 6.61 Å². The highest BCUT2D eigenvalue weighted by molar-refractivity contribution is 7.11. The highest BCUT2D eigenvalue weighted by Gasteiger charge is 2.19. The molecule has 3 aromatic rings. The van der Waals surface area contributed by atoms with Crippen molar-refractivity contribution in [1.82, 2.24) is 19.1 Å². The van der Waals surface area contributed by atoms with Crippen LogP contribution in [0.2, 0.25) is 0 Å². The lowest BCUT2D eigenvalue weighted by molar-refractivity contribution is 0.0464. The Hall–Kier alpha value is -2.68. The van der Waals surface area contributed by atoms with Crippen LogP contribution >= 0.6 is 11.3 Å². The lowest BCUT2D eigenvalue weighted by Gasteiger charge is -2.08. The molecule has 3 heterocycles. The number of fused-ring (bicyclic) bond motifs is 1. The summed E-state index contributed by atoms with van der Waals surface area (Å²) in [7, 11) is 0. The Morgan fingerprint density at radius 1 is 1.22 bits per heavy atom. The van der Waals surface area contributed by atoms with Crippen LogP contribution < -0.4 is 11.2 Å². The molecule has 0 fully saturated rings. The molecule has 1 N–H and O–H groups in total. The van der Waals surface area contributed by atoms with Gasteiger partial charge in [-0.3, -0.25) is 14.3 Å². The molecule has 0 radical (unpaired) electrons. The quantitative estimate of drug-likeness (QED) is 0.596. The number of hydrogen-bond donors (Lipinski definition) is 1. The fourth-order valence-corrected chi connectivity index (χ4v) is 3.53. The number of hydrogen-bond acceptors (Lipinski definition) is 6. The van der Waals surface area contributed by atoms with Crippen LogP contribution in [0.4, 0.5) is 0 Å². The fourth-order valence-electron chi connectivity index (χ4n) is 2.91. The lowest BCUT2D eigenvalue weighted by Crippen LogP contribution is -2.31. The van der Waals surface area contributed by atoms with E-state index < -0.39 is 17.2 Å². The number of thiophene rings is 1. The topological polar surface area (TPSA) is 99.0 Å². The summed E-state index contributed by atoms with van der Waals surface area (Å²) in [5.41, 5.74) is -0.258. The van der Waals surface area contributed by atoms with Crippen LogP contribution in [-0.2, 0) is 24.4 Å². The van der Waals surface area contributed by atoms with E-state index in [4.69, 9.17) is 4.74 Å². The van der Waals surface area contributed by atoms with Gasteiger partial charge < -0.3 is 9.30 Å². The molecule has 0 spiro atoms. The molecule has 8 nitrogen and oxygen atoms in total. The Labute approximate surface area is 159 Å². The normalized spacial score (nSPS) is 11.2. The number of imidazole rings is 1. The number of nitrogens with zero attached hydrogens (tertiary/aromatic N) is 3. The van der Waals surface area contributed by atoms with Crippen molar-refractivity contribution >= 4 is 28.5 Å². The molecule has 0 unspecified atom stereocenters. The standard InChI is InChI=1S/C18H22N4O4S/c1-3-5-9-22-15-14(16(23)20-18(22)25)21(8-4-2)13(19-15)11-26-17(24)12-7-6-10-27-12/h6-7,10H,3-5,8-9,11H2,1-2H3,(H,20,23,25). The molecule has 0 atom stereocenters. The maximum Gasteiger partial charge on any atom is 0.348 e. The third kappa shape index (κ3) is 3.87. The van der Waals surface area contributed by atoms with Crippen molar-refractivity contribution in [2.45, 2.75) is 52.8 Å². The van der Waals surface area contributed by atoms with E-state index in [2.05, 4.69) is 9.97 Å². The second-order valence-corrected chi connectivity index (χ2v) is 7.12. The molecule has 0 aliphatic carbocycles. The zero-order valence-electron chi connectivity index (χ0n) is 15.4. The molecule has 0 bridgehead atoms. The summed E-state index contributed by atoms with van der Waals surface area (Å²) < 4.78 is 8.59. The van der Waals surface area contributed by atoms with Gasteiger partial charge in [-0.05, 0) is 24.3 Å². The molecule has 144 valence electrons. The average Bonchev–Trinajstić information content (AvgIpc) is 3.29. The molecule has 27 heavy (non-hydrogen) atoms. The summed E-state index contributed by atoms with van der Waals surface area (Å²) in [5, 5.41) is 1.80. The summed E-state index contributed by atoms with van der Waals surface area (Å²) in [5.74, 6) is 0.0236. The highest BCUT2D eigenvalue weighted by atomic mass is 32.1. The van der Waals surface area contributed by atoms with Crippen LogP contribution in [0.15, 0.2) is 27.1 Å². The van der Waals surface area contributed by atoms with Gasteiger partial charge in [0.15, 0.2) is 11.2 Å². The molecular weight excluding hydrogens is 368 g/mol. The summed E-state index contributed by atoms with van der Waals surface area (Å²) >= 11 is 1.30. The number of aromatic amines is 1. The van der Waals surface area contributed by atoms with Gasteiger partial charge in [-0.15, -0.1) is 11.3 Å². The maximum absolute atomic E-state index is 12.4. The van der Waals surface area contributed by atoms with Gasteiger partial charge in [0.05, 0.1) is 0 Å². The molecule has 0 aliphatic rings. The Balaban J connectivity index is 2.02. The zero-order chi connectivity index (χ0) is 19.4. The highest BCUT2D eigenvalue weighted by Crippen LogP contribution is 2.16. The SMILES string of the molecule is CCCCn1c(=O)[nH]c(=O)c2c1nc(COC(=O)c1cccs1)n2CCC. The minimum atomic E-state index is -0.473. The number of nitrogens with one attached hydrogen (secondary N) is 1. The Morgan fingerprint density at radius 2 is 2.04 bits per heavy atom. The van der Waals surface area contributed by atoms with Gasteiger partial charge in [-0.25, -0.2) is 14.6 Å². The van der Waals surface area contributed by atoms with E-state index >= 15 is 0 Å². The predicted molar refractivity (Wildman–Crippen MR) is 103 cm³/mol. The van der Waals surface area contributed by atoms with Crippen LogP contribution in [0, 0.1) is 0 Å². The van der Waals surface area contributed by atoms with Crippen LogP contribution in [0.1, 0.15) is 48.6 Å². The van der Waals surface area contributed by atoms with Crippen LogP contribution in [0.3, 0.4) is 0 Å². The van der Waals surface area contributed by atoms with Gasteiger partial charge in [0.1, 0.15) is 17.3 Å². The molecule has 3 rings (SSSR count). The van der Waals surface area contributed by atoms with Gasteiger partial charge in [-0.1, -0.05) is 26.3 Å². The summed E-state index contributed by atoms with van der Waals surface area (Å²) in [4.78, 5) is 44.2. The van der Waals surface area contributed by atoms with E-state index in [9.17, 15) is 14.4 Å². The molecule has 0 aromatic carbocycles. The minimum absolute atomic E-state index is 0.0627. The predicted octanol–water partition coefficient (Wildman–Crippen LogP) is 2.51. The third-order valence-corrected chi connectivity index (χ3v) is 5.05. The molecule has 9 heteroatoms. The largest absolute Gasteiger partial charge is 0.453 e. The van der Waals surface area contributed by atoms with Crippen molar-refractivity contribution < 1.29 is 9.53 Å². The summed E-state index contributed by atoms with van der Waals surface area (Å²) in [6.45, 7) is 4.96. The first-order chi connectivity index (χ1) is 13.1. The fraction of sp³-hybridized carbons (Fsp3) is 0.444. The van der Waals surface area contributed by atoms with E-state index in [1.807, 2.05) is 13.8 Å². The second-order valence-electron chi connectivity index (χ2n) is 6.17. The second kappa shape index (κ2) is 8.34. The number of aromatic nitrogens is 4. The molecule has 3 aromatic heterocycles. The van der Waals surface area contributed by atoms with E-state index in [1.54, 1.807) is 22.1 Å². The first-order valence-corrected chi connectivity index (χ1v) is 9.87. The third-order valence-electron chi connectivity index (χ3n) is 4.20. The smallest absolute Gasteiger partial charge is 0.348 e. The van der Waals surface area contributed by atoms with E-state index in [0.29, 0.717) is 35.0 Å². The first-order valence-electron chi connectivity index (χ1n) is 8.99. The van der Waals surface area contributed by atoms with Crippen LogP contribution in [0.5, 0.6) is 0 Å². The Bertz CT molecular complexity index is 1050. The number of ether oxygens (including phenoxy) is 1. The number of rotatable bonds is 8.